The molecule has 2 aromatic carbocycles. The van der Waals surface area contributed by atoms with Gasteiger partial charge in [-0.3, -0.25) is 4.99 Å². The number of sulfonamides is 1. The van der Waals surface area contributed by atoms with Gasteiger partial charge in [0.15, 0.2) is 5.96 Å². The molecule has 3 rings (SSSR count). The Kier molecular flexibility index (Phi) is 10.3. The summed E-state index contributed by atoms with van der Waals surface area (Å²) in [5.74, 6) is 0.349. The maximum Gasteiger partial charge on any atom is 0.218 e. The second-order valence-electron chi connectivity index (χ2n) is 7.42. The van der Waals surface area contributed by atoms with E-state index in [9.17, 15) is 12.8 Å². The predicted molar refractivity (Wildman–Crippen MR) is 135 cm³/mol. The molecule has 1 fully saturated rings. The van der Waals surface area contributed by atoms with Crippen LogP contribution in [0.4, 0.5) is 4.39 Å². The molecule has 0 unspecified atom stereocenters. The fourth-order valence-corrected chi connectivity index (χ4v) is 5.04. The molecule has 2 aromatic rings. The van der Waals surface area contributed by atoms with Crippen LogP contribution in [0.15, 0.2) is 53.5 Å². The molecule has 1 heterocycles. The number of nitrogens with one attached hydrogen (secondary N) is 1. The second-order valence-corrected chi connectivity index (χ2v) is 9.39. The quantitative estimate of drug-likeness (QED) is 0.312. The number of ether oxygens (including phenoxy) is 1. The molecule has 0 amide bonds. The van der Waals surface area contributed by atoms with E-state index in [2.05, 4.69) is 10.3 Å². The van der Waals surface area contributed by atoms with Gasteiger partial charge in [0.05, 0.1) is 19.0 Å². The Labute approximate surface area is 206 Å². The number of benzene rings is 2. The molecule has 32 heavy (non-hydrogen) atoms. The van der Waals surface area contributed by atoms with Crippen molar-refractivity contribution in [1.82, 2.24) is 14.5 Å². The monoisotopic (exact) mass is 576 g/mol. The third-order valence-corrected chi connectivity index (χ3v) is 6.99. The van der Waals surface area contributed by atoms with E-state index in [0.717, 1.165) is 16.7 Å². The van der Waals surface area contributed by atoms with Crippen LogP contribution < -0.4 is 5.32 Å². The lowest BCUT2D eigenvalue weighted by atomic mass is 10.1. The van der Waals surface area contributed by atoms with Gasteiger partial charge in [-0.15, -0.1) is 24.0 Å². The average Bonchev–Trinajstić information content (AvgIpc) is 2.77. The average molecular weight is 576 g/mol. The van der Waals surface area contributed by atoms with Gasteiger partial charge < -0.3 is 15.0 Å². The summed E-state index contributed by atoms with van der Waals surface area (Å²) < 4.78 is 45.5. The Morgan fingerprint density at radius 2 is 1.75 bits per heavy atom. The lowest BCUT2D eigenvalue weighted by Crippen LogP contribution is -2.41. The van der Waals surface area contributed by atoms with Crippen molar-refractivity contribution in [2.24, 2.45) is 4.99 Å². The minimum Gasteiger partial charge on any atom is -0.379 e. The SMILES string of the molecule is CN=C(NCc1ccccc1CS(=O)(=O)N1CCOCC1)N(C)Cc1ccc(F)cc1.I. The number of guanidine groups is 1. The highest BCUT2D eigenvalue weighted by atomic mass is 127. The summed E-state index contributed by atoms with van der Waals surface area (Å²) >= 11 is 0. The Hall–Kier alpha value is -1.76. The van der Waals surface area contributed by atoms with Crippen LogP contribution in [0, 0.1) is 5.82 Å². The molecule has 0 atom stereocenters. The molecule has 1 aliphatic rings. The summed E-state index contributed by atoms with van der Waals surface area (Å²) in [6.07, 6.45) is 0. The number of nitrogens with zero attached hydrogens (tertiary/aromatic N) is 3. The molecule has 10 heteroatoms. The number of rotatable bonds is 7. The van der Waals surface area contributed by atoms with E-state index in [1.165, 1.54) is 16.4 Å². The number of morpholine rings is 1. The summed E-state index contributed by atoms with van der Waals surface area (Å²) in [6.45, 7) is 2.65. The largest absolute Gasteiger partial charge is 0.379 e. The third kappa shape index (κ3) is 7.39. The maximum atomic E-state index is 13.1. The maximum absolute atomic E-state index is 13.1. The lowest BCUT2D eigenvalue weighted by molar-refractivity contribution is 0.0729. The molecule has 0 spiro atoms. The van der Waals surface area contributed by atoms with E-state index in [-0.39, 0.29) is 35.5 Å². The number of halogens is 2. The van der Waals surface area contributed by atoms with Gasteiger partial charge in [-0.1, -0.05) is 36.4 Å². The molecule has 1 N–H and O–H groups in total. The van der Waals surface area contributed by atoms with E-state index in [1.54, 1.807) is 19.2 Å². The third-order valence-electron chi connectivity index (χ3n) is 5.16. The zero-order valence-electron chi connectivity index (χ0n) is 18.3. The zero-order valence-corrected chi connectivity index (χ0v) is 21.5. The Balaban J connectivity index is 0.00000363. The summed E-state index contributed by atoms with van der Waals surface area (Å²) in [5.41, 5.74) is 2.62. The normalized spacial score (nSPS) is 15.2. The fourth-order valence-electron chi connectivity index (χ4n) is 3.48. The van der Waals surface area contributed by atoms with Crippen molar-refractivity contribution >= 4 is 40.0 Å². The summed E-state index contributed by atoms with van der Waals surface area (Å²) in [7, 11) is 0.180. The van der Waals surface area contributed by atoms with Crippen LogP contribution in [-0.2, 0) is 33.6 Å². The van der Waals surface area contributed by atoms with Gasteiger partial charge in [0.25, 0.3) is 0 Å². The van der Waals surface area contributed by atoms with Gasteiger partial charge in [0.1, 0.15) is 5.82 Å². The first-order valence-electron chi connectivity index (χ1n) is 10.2. The standard InChI is InChI=1S/C22H29FN4O3S.HI/c1-24-22(26(2)16-18-7-9-21(23)10-8-18)25-15-19-5-3-4-6-20(19)17-31(28,29)27-11-13-30-14-12-27;/h3-10H,11-17H2,1-2H3,(H,24,25);1H. The molecular formula is C22H30FIN4O3S. The van der Waals surface area contributed by atoms with Crippen LogP contribution in [0.2, 0.25) is 0 Å². The Morgan fingerprint density at radius 3 is 2.38 bits per heavy atom. The van der Waals surface area contributed by atoms with Crippen LogP contribution in [0.5, 0.6) is 0 Å². The fraction of sp³-hybridized carbons (Fsp3) is 0.409. The van der Waals surface area contributed by atoms with Crippen molar-refractivity contribution in [3.8, 4) is 0 Å². The lowest BCUT2D eigenvalue weighted by Gasteiger charge is -2.26. The molecule has 0 bridgehead atoms. The molecule has 1 aliphatic heterocycles. The highest BCUT2D eigenvalue weighted by Crippen LogP contribution is 2.17. The number of hydrogen-bond donors (Lipinski definition) is 1. The van der Waals surface area contributed by atoms with Gasteiger partial charge >= 0.3 is 0 Å². The summed E-state index contributed by atoms with van der Waals surface area (Å²) in [6, 6.07) is 13.9. The topological polar surface area (TPSA) is 74.2 Å². The first-order valence-corrected chi connectivity index (χ1v) is 11.8. The van der Waals surface area contributed by atoms with Crippen LogP contribution >= 0.6 is 24.0 Å². The predicted octanol–water partition coefficient (Wildman–Crippen LogP) is 2.81. The molecular weight excluding hydrogens is 546 g/mol. The van der Waals surface area contributed by atoms with Crippen LogP contribution in [0.25, 0.3) is 0 Å². The van der Waals surface area contributed by atoms with Crippen LogP contribution in [0.1, 0.15) is 16.7 Å². The van der Waals surface area contributed by atoms with Crippen molar-refractivity contribution in [2.75, 3.05) is 40.4 Å². The van der Waals surface area contributed by atoms with Crippen LogP contribution in [0.3, 0.4) is 0 Å². The van der Waals surface area contributed by atoms with E-state index in [1.807, 2.05) is 36.2 Å². The van der Waals surface area contributed by atoms with Crippen molar-refractivity contribution in [1.29, 1.82) is 0 Å². The van der Waals surface area contributed by atoms with E-state index >= 15 is 0 Å². The molecule has 0 saturated carbocycles. The van der Waals surface area contributed by atoms with Crippen molar-refractivity contribution in [3.05, 3.63) is 71.0 Å². The van der Waals surface area contributed by atoms with Crippen LogP contribution in [-0.4, -0.2) is 64.0 Å². The number of aliphatic imine (C=N–C) groups is 1. The molecule has 0 radical (unpaired) electrons. The van der Waals surface area contributed by atoms with E-state index in [4.69, 9.17) is 4.74 Å². The van der Waals surface area contributed by atoms with Crippen molar-refractivity contribution < 1.29 is 17.5 Å². The first kappa shape index (κ1) is 26.5. The van der Waals surface area contributed by atoms with E-state index in [0.29, 0.717) is 45.4 Å². The number of hydrogen-bond acceptors (Lipinski definition) is 4. The molecule has 0 aromatic heterocycles. The van der Waals surface area contributed by atoms with Crippen molar-refractivity contribution in [3.63, 3.8) is 0 Å². The minimum absolute atomic E-state index is 0. The van der Waals surface area contributed by atoms with Gasteiger partial charge in [-0.05, 0) is 28.8 Å². The highest BCUT2D eigenvalue weighted by molar-refractivity contribution is 14.0. The summed E-state index contributed by atoms with van der Waals surface area (Å²) in [4.78, 5) is 6.24. The van der Waals surface area contributed by atoms with Gasteiger partial charge in [-0.2, -0.15) is 4.31 Å². The molecule has 0 aliphatic carbocycles. The zero-order chi connectivity index (χ0) is 22.3. The first-order chi connectivity index (χ1) is 14.9. The van der Waals surface area contributed by atoms with Gasteiger partial charge in [0.2, 0.25) is 10.0 Å². The van der Waals surface area contributed by atoms with Crippen molar-refractivity contribution in [2.45, 2.75) is 18.8 Å². The smallest absolute Gasteiger partial charge is 0.218 e. The second kappa shape index (κ2) is 12.5. The van der Waals surface area contributed by atoms with Gasteiger partial charge in [0, 0.05) is 40.3 Å². The molecule has 176 valence electrons. The Bertz CT molecular complexity index is 996. The molecule has 1 saturated heterocycles. The van der Waals surface area contributed by atoms with Gasteiger partial charge in [-0.25, -0.2) is 12.8 Å². The molecule has 7 nitrogen and oxygen atoms in total. The Morgan fingerprint density at radius 1 is 1.12 bits per heavy atom. The highest BCUT2D eigenvalue weighted by Gasteiger charge is 2.25. The van der Waals surface area contributed by atoms with E-state index < -0.39 is 10.0 Å². The minimum atomic E-state index is -3.41. The summed E-state index contributed by atoms with van der Waals surface area (Å²) in [5, 5.41) is 3.30.